The van der Waals surface area contributed by atoms with Crippen molar-refractivity contribution in [2.45, 2.75) is 6.04 Å². The van der Waals surface area contributed by atoms with Crippen LogP contribution in [-0.4, -0.2) is 19.6 Å². The zero-order valence-corrected chi connectivity index (χ0v) is 13.5. The van der Waals surface area contributed by atoms with Crippen LogP contribution < -0.4 is 15.0 Å². The fraction of sp³-hybridized carbons (Fsp3) is 0.188. The van der Waals surface area contributed by atoms with Gasteiger partial charge in [0.15, 0.2) is 11.7 Å². The Morgan fingerprint density at radius 1 is 1.23 bits per heavy atom. The Bertz CT molecular complexity index is 748. The van der Waals surface area contributed by atoms with Crippen molar-refractivity contribution in [2.24, 2.45) is 4.99 Å². The number of para-hydroxylation sites is 1. The summed E-state index contributed by atoms with van der Waals surface area (Å²) < 4.78 is 6.10. The summed E-state index contributed by atoms with van der Waals surface area (Å²) in [6.07, 6.45) is 0. The minimum atomic E-state index is 0. The molecule has 1 atom stereocenters. The van der Waals surface area contributed by atoms with E-state index in [4.69, 9.17) is 16.3 Å². The van der Waals surface area contributed by atoms with E-state index in [0.717, 1.165) is 35.3 Å². The molecular weight excluding hydrogens is 321 g/mol. The molecule has 0 bridgehead atoms. The normalized spacial score (nSPS) is 20.0. The number of fused-ring (bicyclic) bond motifs is 5. The Labute approximate surface area is 140 Å². The minimum absolute atomic E-state index is 0. The predicted molar refractivity (Wildman–Crippen MR) is 91.8 cm³/mol. The number of hydrogen-bond acceptors (Lipinski definition) is 2. The van der Waals surface area contributed by atoms with Gasteiger partial charge in [-0.15, -0.1) is 12.4 Å². The topological polar surface area (TPSA) is 36.9 Å². The first kappa shape index (κ1) is 15.0. The van der Waals surface area contributed by atoms with Gasteiger partial charge in [0.1, 0.15) is 5.75 Å². The van der Waals surface area contributed by atoms with Gasteiger partial charge in [-0.3, -0.25) is 9.89 Å². The number of nitrogens with one attached hydrogen (secondary N) is 1. The maximum atomic E-state index is 6.18. The van der Waals surface area contributed by atoms with Crippen LogP contribution in [0.15, 0.2) is 47.5 Å². The van der Waals surface area contributed by atoms with Crippen molar-refractivity contribution in [3.63, 3.8) is 0 Å². The summed E-state index contributed by atoms with van der Waals surface area (Å²) in [5.74, 6) is 2.51. The van der Waals surface area contributed by atoms with Crippen LogP contribution in [0.3, 0.4) is 0 Å². The number of rotatable bonds is 0. The molecule has 4 rings (SSSR count). The van der Waals surface area contributed by atoms with Crippen molar-refractivity contribution in [1.29, 1.82) is 0 Å². The van der Waals surface area contributed by atoms with Gasteiger partial charge in [-0.1, -0.05) is 29.8 Å². The lowest BCUT2D eigenvalue weighted by molar-refractivity contribution is 0.481. The number of benzene rings is 2. The van der Waals surface area contributed by atoms with Gasteiger partial charge in [0, 0.05) is 24.2 Å². The lowest BCUT2D eigenvalue weighted by Gasteiger charge is -2.24. The number of anilines is 1. The van der Waals surface area contributed by atoms with E-state index in [1.165, 1.54) is 0 Å². The molecule has 0 saturated carbocycles. The Balaban J connectivity index is 0.00000144. The molecule has 2 aliphatic heterocycles. The summed E-state index contributed by atoms with van der Waals surface area (Å²) in [5, 5.41) is 4.04. The summed E-state index contributed by atoms with van der Waals surface area (Å²) in [6, 6.07) is 13.9. The third kappa shape index (κ3) is 2.19. The highest BCUT2D eigenvalue weighted by atomic mass is 35.5. The summed E-state index contributed by atoms with van der Waals surface area (Å²) in [7, 11) is 1.78. The Hall–Kier alpha value is -1.91. The fourth-order valence-electron chi connectivity index (χ4n) is 2.96. The van der Waals surface area contributed by atoms with Gasteiger partial charge in [0.25, 0.3) is 0 Å². The second-order valence-electron chi connectivity index (χ2n) is 5.07. The molecule has 2 aromatic rings. The van der Waals surface area contributed by atoms with Crippen LogP contribution in [0.5, 0.6) is 11.5 Å². The summed E-state index contributed by atoms with van der Waals surface area (Å²) in [6.45, 7) is 0.791. The van der Waals surface area contributed by atoms with Crippen LogP contribution >= 0.6 is 24.0 Å². The van der Waals surface area contributed by atoms with Crippen LogP contribution in [-0.2, 0) is 0 Å². The van der Waals surface area contributed by atoms with Gasteiger partial charge in [-0.2, -0.15) is 0 Å². The molecule has 1 N–H and O–H groups in total. The molecule has 2 heterocycles. The molecule has 0 amide bonds. The monoisotopic (exact) mass is 335 g/mol. The van der Waals surface area contributed by atoms with Gasteiger partial charge in [0.2, 0.25) is 0 Å². The molecule has 2 aromatic carbocycles. The van der Waals surface area contributed by atoms with Gasteiger partial charge in [0.05, 0.1) is 11.7 Å². The molecule has 6 heteroatoms. The van der Waals surface area contributed by atoms with Crippen molar-refractivity contribution >= 4 is 35.7 Å². The second-order valence-corrected chi connectivity index (χ2v) is 5.50. The maximum Gasteiger partial charge on any atom is 0.199 e. The molecule has 4 nitrogen and oxygen atoms in total. The van der Waals surface area contributed by atoms with Crippen LogP contribution in [0.4, 0.5) is 5.69 Å². The standard InChI is InChI=1S/C16H14ClN3O.ClH/c1-18-16-19-9-13-11-4-2-3-5-14(11)21-15-7-6-10(17)8-12(15)20(13)16;/h2-8,13H,9H2,1H3,(H,18,19);1H. The van der Waals surface area contributed by atoms with Gasteiger partial charge in [-0.25, -0.2) is 0 Å². The van der Waals surface area contributed by atoms with Crippen LogP contribution in [0, 0.1) is 0 Å². The number of nitrogens with zero attached hydrogens (tertiary/aromatic N) is 2. The molecule has 0 spiro atoms. The van der Waals surface area contributed by atoms with E-state index in [0.29, 0.717) is 5.02 Å². The minimum Gasteiger partial charge on any atom is -0.455 e. The average Bonchev–Trinajstić information content (AvgIpc) is 2.87. The first-order chi connectivity index (χ1) is 10.3. The van der Waals surface area contributed by atoms with Crippen molar-refractivity contribution in [3.8, 4) is 11.5 Å². The zero-order chi connectivity index (χ0) is 14.4. The van der Waals surface area contributed by atoms with E-state index in [-0.39, 0.29) is 18.4 Å². The van der Waals surface area contributed by atoms with E-state index >= 15 is 0 Å². The Morgan fingerprint density at radius 3 is 2.86 bits per heavy atom. The third-order valence-electron chi connectivity index (χ3n) is 3.88. The first-order valence-electron chi connectivity index (χ1n) is 6.84. The van der Waals surface area contributed by atoms with Crippen molar-refractivity contribution in [3.05, 3.63) is 53.1 Å². The largest absolute Gasteiger partial charge is 0.455 e. The lowest BCUT2D eigenvalue weighted by Crippen LogP contribution is -2.30. The van der Waals surface area contributed by atoms with E-state index in [2.05, 4.69) is 21.3 Å². The highest BCUT2D eigenvalue weighted by Crippen LogP contribution is 2.46. The molecule has 1 saturated heterocycles. The molecule has 1 fully saturated rings. The lowest BCUT2D eigenvalue weighted by atomic mass is 10.1. The van der Waals surface area contributed by atoms with Crippen LogP contribution in [0.2, 0.25) is 5.02 Å². The molecular formula is C16H15Cl2N3O. The summed E-state index contributed by atoms with van der Waals surface area (Å²) >= 11 is 6.18. The van der Waals surface area contributed by atoms with Crippen molar-refractivity contribution in [1.82, 2.24) is 5.32 Å². The SMILES string of the molecule is CN=C1NCC2c3ccccc3Oc3ccc(Cl)cc3N12.Cl. The summed E-state index contributed by atoms with van der Waals surface area (Å²) in [4.78, 5) is 6.51. The molecule has 114 valence electrons. The molecule has 22 heavy (non-hydrogen) atoms. The third-order valence-corrected chi connectivity index (χ3v) is 4.12. The highest BCUT2D eigenvalue weighted by molar-refractivity contribution is 6.31. The van der Waals surface area contributed by atoms with Crippen molar-refractivity contribution in [2.75, 3.05) is 18.5 Å². The van der Waals surface area contributed by atoms with Gasteiger partial charge >= 0.3 is 0 Å². The maximum absolute atomic E-state index is 6.18. The molecule has 0 aliphatic carbocycles. The van der Waals surface area contributed by atoms with Gasteiger partial charge < -0.3 is 10.1 Å². The molecule has 0 radical (unpaired) electrons. The smallest absolute Gasteiger partial charge is 0.199 e. The van der Waals surface area contributed by atoms with E-state index in [1.807, 2.05) is 36.4 Å². The van der Waals surface area contributed by atoms with E-state index in [1.54, 1.807) is 7.05 Å². The molecule has 0 aromatic heterocycles. The number of hydrogen-bond donors (Lipinski definition) is 1. The van der Waals surface area contributed by atoms with Crippen LogP contribution in [0.25, 0.3) is 0 Å². The summed E-state index contributed by atoms with van der Waals surface area (Å²) in [5.41, 5.74) is 2.09. The van der Waals surface area contributed by atoms with Gasteiger partial charge in [-0.05, 0) is 24.3 Å². The van der Waals surface area contributed by atoms with E-state index < -0.39 is 0 Å². The number of aliphatic imine (C=N–C) groups is 1. The fourth-order valence-corrected chi connectivity index (χ4v) is 3.13. The number of ether oxygens (including phenoxy) is 1. The predicted octanol–water partition coefficient (Wildman–Crippen LogP) is 4.00. The second kappa shape index (κ2) is 5.71. The number of halogens is 2. The van der Waals surface area contributed by atoms with E-state index in [9.17, 15) is 0 Å². The first-order valence-corrected chi connectivity index (χ1v) is 7.22. The molecule has 2 aliphatic rings. The zero-order valence-electron chi connectivity index (χ0n) is 11.9. The Kier molecular flexibility index (Phi) is 3.89. The number of guanidine groups is 1. The van der Waals surface area contributed by atoms with Crippen LogP contribution in [0.1, 0.15) is 11.6 Å². The average molecular weight is 336 g/mol. The Morgan fingerprint density at radius 2 is 2.05 bits per heavy atom. The van der Waals surface area contributed by atoms with Crippen molar-refractivity contribution < 1.29 is 4.74 Å². The quantitative estimate of drug-likeness (QED) is 0.790. The highest BCUT2D eigenvalue weighted by Gasteiger charge is 2.37. The molecule has 1 unspecified atom stereocenters.